The Morgan fingerprint density at radius 2 is 2.03 bits per heavy atom. The molecule has 0 spiro atoms. The van der Waals surface area contributed by atoms with Crippen LogP contribution >= 0.6 is 0 Å². The molecule has 5 rings (SSSR count). The van der Waals surface area contributed by atoms with Gasteiger partial charge >= 0.3 is 5.97 Å². The zero-order valence-electron chi connectivity index (χ0n) is 21.6. The number of ether oxygens (including phenoxy) is 2. The molecule has 2 unspecified atom stereocenters. The average Bonchev–Trinajstić information content (AvgIpc) is 3.54. The standard InChI is InChI=1S/C27H31FN4O5S/c1-4-37-27(33)22-15-32(38(3,34)35)16-24(22)31-11-8-17(9-12-31)23-14-21-19(7-10-29-26(21)30-23)20-13-18(28)5-6-25(20)36-2/h5-8,10,13-14,22,24H,4,9,11-12,15-16H2,1-3H3,(H,29,30). The van der Waals surface area contributed by atoms with Crippen LogP contribution in [0.2, 0.25) is 0 Å². The maximum absolute atomic E-state index is 14.1. The lowest BCUT2D eigenvalue weighted by atomic mass is 9.97. The number of halogens is 1. The van der Waals surface area contributed by atoms with Crippen molar-refractivity contribution >= 4 is 32.6 Å². The van der Waals surface area contributed by atoms with E-state index in [2.05, 4.69) is 20.9 Å². The predicted molar refractivity (Wildman–Crippen MR) is 143 cm³/mol. The van der Waals surface area contributed by atoms with Crippen LogP contribution in [0.15, 0.2) is 42.6 Å². The second-order valence-electron chi connectivity index (χ2n) is 9.63. The van der Waals surface area contributed by atoms with Gasteiger partial charge in [-0.3, -0.25) is 9.69 Å². The highest BCUT2D eigenvalue weighted by Gasteiger charge is 2.44. The first-order chi connectivity index (χ1) is 18.2. The molecule has 2 aliphatic heterocycles. The molecule has 0 amide bonds. The Morgan fingerprint density at radius 1 is 1.21 bits per heavy atom. The summed E-state index contributed by atoms with van der Waals surface area (Å²) < 4.78 is 50.6. The fourth-order valence-electron chi connectivity index (χ4n) is 5.43. The SMILES string of the molecule is CCOC(=O)C1CN(S(C)(=O)=O)CC1N1CC=C(c2cc3c(-c4cc(F)ccc4OC)ccnc3[nH]2)CC1. The van der Waals surface area contributed by atoms with Crippen LogP contribution in [-0.2, 0) is 19.6 Å². The van der Waals surface area contributed by atoms with Gasteiger partial charge in [-0.25, -0.2) is 17.8 Å². The molecule has 3 aromatic rings. The molecule has 1 fully saturated rings. The number of nitrogens with zero attached hydrogens (tertiary/aromatic N) is 3. The number of nitrogens with one attached hydrogen (secondary N) is 1. The zero-order valence-corrected chi connectivity index (χ0v) is 22.4. The predicted octanol–water partition coefficient (Wildman–Crippen LogP) is 3.29. The van der Waals surface area contributed by atoms with E-state index >= 15 is 0 Å². The summed E-state index contributed by atoms with van der Waals surface area (Å²) in [6, 6.07) is 8.05. The second kappa shape index (κ2) is 10.5. The molecule has 202 valence electrons. The summed E-state index contributed by atoms with van der Waals surface area (Å²) >= 11 is 0. The van der Waals surface area contributed by atoms with E-state index in [1.165, 1.54) is 22.7 Å². The molecule has 9 nitrogen and oxygen atoms in total. The number of hydrogen-bond donors (Lipinski definition) is 1. The lowest BCUT2D eigenvalue weighted by Gasteiger charge is -2.33. The zero-order chi connectivity index (χ0) is 27.0. The van der Waals surface area contributed by atoms with Crippen LogP contribution in [-0.4, -0.2) is 85.8 Å². The Kier molecular flexibility index (Phi) is 7.26. The minimum atomic E-state index is -3.42. The minimum absolute atomic E-state index is 0.134. The number of methoxy groups -OCH3 is 1. The normalized spacial score (nSPS) is 21.0. The molecule has 4 heterocycles. The summed E-state index contributed by atoms with van der Waals surface area (Å²) in [5, 5.41) is 0.858. The Labute approximate surface area is 221 Å². The number of carbonyl (C=O) groups is 1. The fraction of sp³-hybridized carbons (Fsp3) is 0.407. The van der Waals surface area contributed by atoms with E-state index in [-0.39, 0.29) is 37.5 Å². The van der Waals surface area contributed by atoms with Gasteiger partial charge in [-0.1, -0.05) is 6.08 Å². The van der Waals surface area contributed by atoms with Crippen molar-refractivity contribution in [3.63, 3.8) is 0 Å². The third-order valence-corrected chi connectivity index (χ3v) is 8.59. The molecule has 0 bridgehead atoms. The Morgan fingerprint density at radius 3 is 2.71 bits per heavy atom. The average molecular weight is 543 g/mol. The molecule has 1 aromatic carbocycles. The first-order valence-corrected chi connectivity index (χ1v) is 14.4. The largest absolute Gasteiger partial charge is 0.496 e. The molecule has 0 radical (unpaired) electrons. The molecule has 1 saturated heterocycles. The van der Waals surface area contributed by atoms with Crippen LogP contribution in [0, 0.1) is 11.7 Å². The van der Waals surface area contributed by atoms with E-state index in [9.17, 15) is 17.6 Å². The molecule has 2 aliphatic rings. The van der Waals surface area contributed by atoms with Crippen LogP contribution in [0.1, 0.15) is 19.0 Å². The monoisotopic (exact) mass is 542 g/mol. The lowest BCUT2D eigenvalue weighted by Crippen LogP contribution is -2.45. The topological polar surface area (TPSA) is 105 Å². The third-order valence-electron chi connectivity index (χ3n) is 7.35. The van der Waals surface area contributed by atoms with Gasteiger partial charge in [0.1, 0.15) is 17.2 Å². The summed E-state index contributed by atoms with van der Waals surface area (Å²) in [6.07, 6.45) is 5.66. The summed E-state index contributed by atoms with van der Waals surface area (Å²) in [4.78, 5) is 22.7. The summed E-state index contributed by atoms with van der Waals surface area (Å²) in [6.45, 7) is 3.63. The lowest BCUT2D eigenvalue weighted by molar-refractivity contribution is -0.149. The number of carbonyl (C=O) groups excluding carboxylic acids is 1. The Balaban J connectivity index is 1.41. The maximum atomic E-state index is 14.1. The second-order valence-corrected chi connectivity index (χ2v) is 11.6. The number of fused-ring (bicyclic) bond motifs is 1. The number of esters is 1. The van der Waals surface area contributed by atoms with Crippen LogP contribution in [0.3, 0.4) is 0 Å². The van der Waals surface area contributed by atoms with Crippen molar-refractivity contribution in [1.29, 1.82) is 0 Å². The highest BCUT2D eigenvalue weighted by atomic mass is 32.2. The van der Waals surface area contributed by atoms with Crippen LogP contribution in [0.5, 0.6) is 5.75 Å². The summed E-state index contributed by atoms with van der Waals surface area (Å²) in [7, 11) is -1.86. The van der Waals surface area contributed by atoms with Gasteiger partial charge in [0.2, 0.25) is 10.0 Å². The molecular formula is C27H31FN4O5S. The first kappa shape index (κ1) is 26.3. The molecule has 2 atom stereocenters. The van der Waals surface area contributed by atoms with Gasteiger partial charge in [0.15, 0.2) is 0 Å². The van der Waals surface area contributed by atoms with E-state index in [0.717, 1.165) is 22.2 Å². The smallest absolute Gasteiger partial charge is 0.311 e. The van der Waals surface area contributed by atoms with E-state index in [4.69, 9.17) is 9.47 Å². The number of pyridine rings is 1. The van der Waals surface area contributed by atoms with Crippen LogP contribution < -0.4 is 4.74 Å². The van der Waals surface area contributed by atoms with Gasteiger partial charge in [-0.05, 0) is 54.8 Å². The van der Waals surface area contributed by atoms with Gasteiger partial charge in [-0.15, -0.1) is 0 Å². The van der Waals surface area contributed by atoms with Crippen molar-refractivity contribution in [2.24, 2.45) is 5.92 Å². The van der Waals surface area contributed by atoms with Crippen molar-refractivity contribution in [3.05, 3.63) is 54.1 Å². The number of H-pyrrole nitrogens is 1. The van der Waals surface area contributed by atoms with Gasteiger partial charge in [-0.2, -0.15) is 4.31 Å². The van der Waals surface area contributed by atoms with Crippen LogP contribution in [0.4, 0.5) is 4.39 Å². The fourth-order valence-corrected chi connectivity index (χ4v) is 6.28. The third kappa shape index (κ3) is 5.05. The number of sulfonamides is 1. The molecular weight excluding hydrogens is 511 g/mol. The molecule has 0 saturated carbocycles. The van der Waals surface area contributed by atoms with Crippen molar-refractivity contribution in [1.82, 2.24) is 19.2 Å². The van der Waals surface area contributed by atoms with Gasteiger partial charge < -0.3 is 14.5 Å². The minimum Gasteiger partial charge on any atom is -0.496 e. The molecule has 38 heavy (non-hydrogen) atoms. The van der Waals surface area contributed by atoms with E-state index in [1.807, 2.05) is 12.1 Å². The highest BCUT2D eigenvalue weighted by Crippen LogP contribution is 2.37. The van der Waals surface area contributed by atoms with E-state index in [1.54, 1.807) is 26.3 Å². The molecule has 0 aliphatic carbocycles. The maximum Gasteiger partial charge on any atom is 0.311 e. The quantitative estimate of drug-likeness (QED) is 0.457. The first-order valence-electron chi connectivity index (χ1n) is 12.6. The van der Waals surface area contributed by atoms with Crippen LogP contribution in [0.25, 0.3) is 27.7 Å². The van der Waals surface area contributed by atoms with Gasteiger partial charge in [0, 0.05) is 55.1 Å². The summed E-state index contributed by atoms with van der Waals surface area (Å²) in [5.41, 5.74) is 4.17. The summed E-state index contributed by atoms with van der Waals surface area (Å²) in [5.74, 6) is -0.662. The van der Waals surface area contributed by atoms with Crippen molar-refractivity contribution in [2.75, 3.05) is 46.2 Å². The van der Waals surface area contributed by atoms with Crippen molar-refractivity contribution in [2.45, 2.75) is 19.4 Å². The van der Waals surface area contributed by atoms with Crippen molar-refractivity contribution < 1.29 is 27.1 Å². The number of aromatic nitrogens is 2. The van der Waals surface area contributed by atoms with Gasteiger partial charge in [0.25, 0.3) is 0 Å². The van der Waals surface area contributed by atoms with E-state index in [0.29, 0.717) is 36.5 Å². The van der Waals surface area contributed by atoms with Gasteiger partial charge in [0.05, 0.1) is 25.9 Å². The highest BCUT2D eigenvalue weighted by molar-refractivity contribution is 7.88. The number of hydrogen-bond acceptors (Lipinski definition) is 7. The number of benzene rings is 1. The molecule has 2 aromatic heterocycles. The molecule has 1 N–H and O–H groups in total. The number of aromatic amines is 1. The Hall–Kier alpha value is -3.28. The Bertz CT molecular complexity index is 1500. The molecule has 11 heteroatoms. The van der Waals surface area contributed by atoms with Crippen molar-refractivity contribution in [3.8, 4) is 16.9 Å². The van der Waals surface area contributed by atoms with E-state index < -0.39 is 15.9 Å². The number of rotatable bonds is 7.